The summed E-state index contributed by atoms with van der Waals surface area (Å²) in [6, 6.07) is 9.88. The zero-order valence-corrected chi connectivity index (χ0v) is 15.5. The largest absolute Gasteiger partial charge is 0.476 e. The summed E-state index contributed by atoms with van der Waals surface area (Å²) >= 11 is 0. The molecule has 2 aromatic rings. The van der Waals surface area contributed by atoms with Gasteiger partial charge >= 0.3 is 5.97 Å². The SMILES string of the molecule is O=C(O)c1cnc(C(=O)N2CCCN(C(=O)CCc3ccccc3)CC2)cn1. The van der Waals surface area contributed by atoms with Crippen LogP contribution >= 0.6 is 0 Å². The Bertz CT molecular complexity index is 839. The molecule has 8 heteroatoms. The molecule has 1 aliphatic rings. The highest BCUT2D eigenvalue weighted by atomic mass is 16.4. The fourth-order valence-electron chi connectivity index (χ4n) is 3.13. The van der Waals surface area contributed by atoms with E-state index in [0.717, 1.165) is 11.8 Å². The van der Waals surface area contributed by atoms with Gasteiger partial charge in [-0.2, -0.15) is 0 Å². The standard InChI is InChI=1S/C20H22N4O4/c25-18(8-7-15-5-2-1-3-6-15)23-9-4-10-24(12-11-23)19(26)16-13-22-17(14-21-16)20(27)28/h1-3,5-6,13-14H,4,7-12H2,(H,27,28). The molecule has 0 unspecified atom stereocenters. The number of aromatic carboxylic acids is 1. The fourth-order valence-corrected chi connectivity index (χ4v) is 3.13. The van der Waals surface area contributed by atoms with Gasteiger partial charge in [0.2, 0.25) is 5.91 Å². The van der Waals surface area contributed by atoms with Crippen molar-refractivity contribution >= 4 is 17.8 Å². The molecular weight excluding hydrogens is 360 g/mol. The Morgan fingerprint density at radius 2 is 1.54 bits per heavy atom. The van der Waals surface area contributed by atoms with Crippen LogP contribution in [0.1, 0.15) is 39.4 Å². The number of carbonyl (C=O) groups excluding carboxylic acids is 2. The average Bonchev–Trinajstić information content (AvgIpc) is 2.98. The molecule has 1 aliphatic heterocycles. The van der Waals surface area contributed by atoms with Gasteiger partial charge in [-0.3, -0.25) is 9.59 Å². The Morgan fingerprint density at radius 3 is 2.21 bits per heavy atom. The van der Waals surface area contributed by atoms with Crippen LogP contribution in [0.15, 0.2) is 42.7 Å². The fraction of sp³-hybridized carbons (Fsp3) is 0.350. The summed E-state index contributed by atoms with van der Waals surface area (Å²) in [6.07, 6.45) is 4.08. The van der Waals surface area contributed by atoms with E-state index in [-0.39, 0.29) is 23.2 Å². The van der Waals surface area contributed by atoms with E-state index in [2.05, 4.69) is 9.97 Å². The van der Waals surface area contributed by atoms with Gasteiger partial charge < -0.3 is 14.9 Å². The highest BCUT2D eigenvalue weighted by Gasteiger charge is 2.23. The predicted molar refractivity (Wildman–Crippen MR) is 101 cm³/mol. The summed E-state index contributed by atoms with van der Waals surface area (Å²) in [7, 11) is 0. The molecule has 0 saturated carbocycles. The summed E-state index contributed by atoms with van der Waals surface area (Å²) < 4.78 is 0. The number of aromatic nitrogens is 2. The van der Waals surface area contributed by atoms with Crippen molar-refractivity contribution in [2.75, 3.05) is 26.2 Å². The molecule has 1 saturated heterocycles. The smallest absolute Gasteiger partial charge is 0.356 e. The quantitative estimate of drug-likeness (QED) is 0.840. The van der Waals surface area contributed by atoms with E-state index in [4.69, 9.17) is 5.11 Å². The maximum Gasteiger partial charge on any atom is 0.356 e. The van der Waals surface area contributed by atoms with E-state index in [0.29, 0.717) is 45.4 Å². The lowest BCUT2D eigenvalue weighted by Crippen LogP contribution is -2.37. The summed E-state index contributed by atoms with van der Waals surface area (Å²) in [5.41, 5.74) is 1.03. The number of carbonyl (C=O) groups is 3. The molecule has 0 spiro atoms. The second-order valence-electron chi connectivity index (χ2n) is 6.60. The highest BCUT2D eigenvalue weighted by molar-refractivity contribution is 5.92. The van der Waals surface area contributed by atoms with Gasteiger partial charge in [0.1, 0.15) is 5.69 Å². The van der Waals surface area contributed by atoms with E-state index in [9.17, 15) is 14.4 Å². The van der Waals surface area contributed by atoms with E-state index in [1.165, 1.54) is 6.20 Å². The third-order valence-electron chi connectivity index (χ3n) is 4.70. The molecule has 2 heterocycles. The molecule has 8 nitrogen and oxygen atoms in total. The second kappa shape index (κ2) is 9.07. The van der Waals surface area contributed by atoms with Crippen molar-refractivity contribution in [3.8, 4) is 0 Å². The van der Waals surface area contributed by atoms with Crippen LogP contribution < -0.4 is 0 Å². The number of nitrogens with zero attached hydrogens (tertiary/aromatic N) is 4. The Morgan fingerprint density at radius 1 is 0.893 bits per heavy atom. The lowest BCUT2D eigenvalue weighted by molar-refractivity contribution is -0.131. The maximum atomic E-state index is 12.6. The van der Waals surface area contributed by atoms with Crippen molar-refractivity contribution in [2.24, 2.45) is 0 Å². The maximum absolute atomic E-state index is 12.6. The molecule has 1 aromatic carbocycles. The lowest BCUT2D eigenvalue weighted by Gasteiger charge is -2.22. The van der Waals surface area contributed by atoms with Gasteiger partial charge in [0, 0.05) is 32.6 Å². The van der Waals surface area contributed by atoms with Crippen molar-refractivity contribution in [3.63, 3.8) is 0 Å². The molecule has 0 bridgehead atoms. The van der Waals surface area contributed by atoms with Gasteiger partial charge in [0.15, 0.2) is 5.69 Å². The van der Waals surface area contributed by atoms with Crippen LogP contribution in [-0.2, 0) is 11.2 Å². The molecule has 3 rings (SSSR count). The summed E-state index contributed by atoms with van der Waals surface area (Å²) in [4.78, 5) is 47.0. The van der Waals surface area contributed by atoms with E-state index >= 15 is 0 Å². The monoisotopic (exact) mass is 382 g/mol. The zero-order chi connectivity index (χ0) is 19.9. The summed E-state index contributed by atoms with van der Waals surface area (Å²) in [5, 5.41) is 8.86. The molecule has 1 fully saturated rings. The third-order valence-corrected chi connectivity index (χ3v) is 4.70. The number of carboxylic acid groups (broad SMARTS) is 1. The normalized spacial score (nSPS) is 14.4. The second-order valence-corrected chi connectivity index (χ2v) is 6.60. The Labute approximate surface area is 162 Å². The first-order valence-corrected chi connectivity index (χ1v) is 9.21. The van der Waals surface area contributed by atoms with Crippen molar-refractivity contribution in [3.05, 3.63) is 59.7 Å². The Kier molecular flexibility index (Phi) is 6.31. The number of aryl methyl sites for hydroxylation is 1. The van der Waals surface area contributed by atoms with Gasteiger partial charge in [0.05, 0.1) is 12.4 Å². The highest BCUT2D eigenvalue weighted by Crippen LogP contribution is 2.10. The average molecular weight is 382 g/mol. The van der Waals surface area contributed by atoms with Crippen LogP contribution in [0.2, 0.25) is 0 Å². The van der Waals surface area contributed by atoms with Crippen molar-refractivity contribution in [1.29, 1.82) is 0 Å². The summed E-state index contributed by atoms with van der Waals surface area (Å²) in [6.45, 7) is 2.02. The van der Waals surface area contributed by atoms with Gasteiger partial charge in [0.25, 0.3) is 5.91 Å². The summed E-state index contributed by atoms with van der Waals surface area (Å²) in [5.74, 6) is -1.40. The first-order chi connectivity index (χ1) is 13.5. The Hall–Kier alpha value is -3.29. The number of amides is 2. The van der Waals surface area contributed by atoms with Gasteiger partial charge in [-0.15, -0.1) is 0 Å². The van der Waals surface area contributed by atoms with Crippen molar-refractivity contribution < 1.29 is 19.5 Å². The van der Waals surface area contributed by atoms with Crippen molar-refractivity contribution in [1.82, 2.24) is 19.8 Å². The molecule has 1 N–H and O–H groups in total. The number of benzene rings is 1. The number of hydrogen-bond donors (Lipinski definition) is 1. The first kappa shape index (κ1) is 19.5. The molecule has 1 aromatic heterocycles. The molecular formula is C20H22N4O4. The van der Waals surface area contributed by atoms with Crippen LogP contribution in [0.3, 0.4) is 0 Å². The van der Waals surface area contributed by atoms with Crippen LogP contribution in [0.4, 0.5) is 0 Å². The van der Waals surface area contributed by atoms with Crippen LogP contribution in [0.5, 0.6) is 0 Å². The molecule has 28 heavy (non-hydrogen) atoms. The minimum atomic E-state index is -1.19. The third kappa shape index (κ3) is 4.91. The first-order valence-electron chi connectivity index (χ1n) is 9.21. The Balaban J connectivity index is 1.54. The van der Waals surface area contributed by atoms with E-state index in [1.54, 1.807) is 9.80 Å². The van der Waals surface area contributed by atoms with Gasteiger partial charge in [-0.1, -0.05) is 30.3 Å². The predicted octanol–water partition coefficient (Wildman–Crippen LogP) is 1.48. The molecule has 0 radical (unpaired) electrons. The minimum Gasteiger partial charge on any atom is -0.476 e. The van der Waals surface area contributed by atoms with Crippen LogP contribution in [-0.4, -0.2) is 68.8 Å². The van der Waals surface area contributed by atoms with Crippen LogP contribution in [0.25, 0.3) is 0 Å². The number of carboxylic acids is 1. The van der Waals surface area contributed by atoms with E-state index in [1.807, 2.05) is 30.3 Å². The minimum absolute atomic E-state index is 0.0868. The topological polar surface area (TPSA) is 104 Å². The molecule has 0 aliphatic carbocycles. The number of rotatable bonds is 5. The lowest BCUT2D eigenvalue weighted by atomic mass is 10.1. The molecule has 146 valence electrons. The molecule has 2 amide bonds. The molecule has 0 atom stereocenters. The van der Waals surface area contributed by atoms with Gasteiger partial charge in [-0.05, 0) is 18.4 Å². The van der Waals surface area contributed by atoms with Gasteiger partial charge in [-0.25, -0.2) is 14.8 Å². The number of hydrogen-bond acceptors (Lipinski definition) is 5. The zero-order valence-electron chi connectivity index (χ0n) is 15.5. The van der Waals surface area contributed by atoms with Crippen LogP contribution in [0, 0.1) is 0 Å². The van der Waals surface area contributed by atoms with E-state index < -0.39 is 5.97 Å². The van der Waals surface area contributed by atoms with Crippen molar-refractivity contribution in [2.45, 2.75) is 19.3 Å².